The molecule has 0 heterocycles. The Morgan fingerprint density at radius 2 is 0.930 bits per heavy atom. The van der Waals surface area contributed by atoms with Gasteiger partial charge in [-0.2, -0.15) is 0 Å². The Hall–Kier alpha value is -1.54. The lowest BCUT2D eigenvalue weighted by molar-refractivity contribution is -0.153. The second-order valence-electron chi connectivity index (χ2n) is 14.8. The van der Waals surface area contributed by atoms with Gasteiger partial charge >= 0.3 is 11.9 Å². The molecule has 0 spiro atoms. The maximum Gasteiger partial charge on any atom is 0.307 e. The zero-order valence-corrected chi connectivity index (χ0v) is 36.5. The Kier molecular flexibility index (Phi) is 41.6. The number of ether oxygens (including phenoxy) is 3. The van der Waals surface area contributed by atoms with Crippen LogP contribution >= 0.6 is 0 Å². The summed E-state index contributed by atoms with van der Waals surface area (Å²) >= 11 is 0. The fourth-order valence-corrected chi connectivity index (χ4v) is 5.76. The van der Waals surface area contributed by atoms with Crippen molar-refractivity contribution in [3.8, 4) is 0 Å². The van der Waals surface area contributed by atoms with Crippen LogP contribution < -0.4 is 16.4 Å². The van der Waals surface area contributed by atoms with Crippen molar-refractivity contribution in [1.82, 2.24) is 20.4 Å². The van der Waals surface area contributed by atoms with Gasteiger partial charge in [-0.25, -0.2) is 0 Å². The minimum Gasteiger partial charge on any atom is -0.463 e. The first-order valence-electron chi connectivity index (χ1n) is 21.9. The van der Waals surface area contributed by atoms with E-state index in [1.165, 1.54) is 77.7 Å². The summed E-state index contributed by atoms with van der Waals surface area (Å²) in [5, 5.41) is 64.2. The van der Waals surface area contributed by atoms with E-state index >= 15 is 0 Å². The summed E-state index contributed by atoms with van der Waals surface area (Å²) < 4.78 is 14.6. The number of hydrogen-bond donors (Lipinski definition) is 9. The third kappa shape index (κ3) is 35.0. The number of carbonyl (C=O) groups excluding carboxylic acids is 2. The molecule has 16 heteroatoms. The number of rotatable bonds is 39. The SMILES string of the molecule is CCCCCCCN(CCN)CCNCCC(=O)OCC(O)C(O)C(O)CC.CCCCCCN(CCCC)CCNCCC(=O)OCC(O)C(O)C(O)COC. The number of nitrogens with zero attached hydrogens (tertiary/aromatic N) is 2. The maximum absolute atomic E-state index is 11.8. The molecule has 0 saturated carbocycles. The van der Waals surface area contributed by atoms with Crippen molar-refractivity contribution in [2.24, 2.45) is 5.73 Å². The van der Waals surface area contributed by atoms with Gasteiger partial charge in [-0.05, 0) is 45.3 Å². The standard InChI is InChI=1S/C21H44N2O6.C20H43N3O5/c1-4-6-8-9-14-23(13-7-5-2)15-12-22-11-10-20(26)29-17-19(25)21(27)18(24)16-28-3;1-3-5-6-7-8-13-23(14-10-21)15-12-22-11-9-19(26)28-16-18(25)20(27)17(24)4-2/h18-19,21-22,24-25,27H,4-17H2,1-3H3;17-18,20,22,24-25,27H,3-16,21H2,1-2H3. The first kappa shape index (κ1) is 57.6. The molecule has 10 N–H and O–H groups in total. The van der Waals surface area contributed by atoms with Crippen molar-refractivity contribution < 1.29 is 54.4 Å². The van der Waals surface area contributed by atoms with Gasteiger partial charge in [-0.3, -0.25) is 9.59 Å². The smallest absolute Gasteiger partial charge is 0.307 e. The molecule has 0 aromatic heterocycles. The molecule has 6 unspecified atom stereocenters. The number of nitrogens with two attached hydrogens (primary N) is 1. The molecule has 0 aromatic rings. The quantitative estimate of drug-likeness (QED) is 0.0312. The zero-order valence-electron chi connectivity index (χ0n) is 36.5. The third-order valence-corrected chi connectivity index (χ3v) is 9.56. The van der Waals surface area contributed by atoms with Crippen molar-refractivity contribution >= 4 is 11.9 Å². The number of unbranched alkanes of at least 4 members (excludes halogenated alkanes) is 8. The highest BCUT2D eigenvalue weighted by atomic mass is 16.5. The van der Waals surface area contributed by atoms with Gasteiger partial charge in [0.15, 0.2) is 0 Å². The normalized spacial score (nSPS) is 14.8. The van der Waals surface area contributed by atoms with Gasteiger partial charge in [0.25, 0.3) is 0 Å². The van der Waals surface area contributed by atoms with E-state index < -0.39 is 48.6 Å². The molecule has 0 radical (unpaired) electrons. The molecule has 342 valence electrons. The van der Waals surface area contributed by atoms with Gasteiger partial charge in [-0.1, -0.05) is 79.1 Å². The molecule has 0 aromatic carbocycles. The second kappa shape index (κ2) is 41.2. The largest absolute Gasteiger partial charge is 0.463 e. The van der Waals surface area contributed by atoms with Crippen LogP contribution in [0.1, 0.15) is 118 Å². The number of methoxy groups -OCH3 is 1. The average Bonchev–Trinajstić information content (AvgIpc) is 3.21. The fraction of sp³-hybridized carbons (Fsp3) is 0.951. The molecule has 57 heavy (non-hydrogen) atoms. The van der Waals surface area contributed by atoms with Gasteiger partial charge in [0.1, 0.15) is 43.7 Å². The van der Waals surface area contributed by atoms with Crippen LogP contribution in [0.2, 0.25) is 0 Å². The zero-order chi connectivity index (χ0) is 43.1. The molecule has 0 bridgehead atoms. The van der Waals surface area contributed by atoms with Crippen molar-refractivity contribution in [3.63, 3.8) is 0 Å². The van der Waals surface area contributed by atoms with E-state index in [1.54, 1.807) is 6.92 Å². The Balaban J connectivity index is 0. The number of nitrogens with one attached hydrogen (secondary N) is 2. The maximum atomic E-state index is 11.8. The van der Waals surface area contributed by atoms with E-state index in [2.05, 4.69) is 41.2 Å². The summed E-state index contributed by atoms with van der Waals surface area (Å²) in [7, 11) is 1.38. The number of aliphatic hydroxyl groups excluding tert-OH is 6. The highest BCUT2D eigenvalue weighted by Crippen LogP contribution is 2.07. The van der Waals surface area contributed by atoms with Crippen molar-refractivity contribution in [2.45, 2.75) is 154 Å². The Labute approximate surface area is 345 Å². The van der Waals surface area contributed by atoms with Gasteiger partial charge in [0, 0.05) is 59.5 Å². The van der Waals surface area contributed by atoms with Gasteiger partial charge in [-0.15, -0.1) is 0 Å². The van der Waals surface area contributed by atoms with E-state index in [-0.39, 0.29) is 32.7 Å². The average molecular weight is 826 g/mol. The highest BCUT2D eigenvalue weighted by molar-refractivity contribution is 5.69. The van der Waals surface area contributed by atoms with E-state index in [0.717, 1.165) is 52.4 Å². The lowest BCUT2D eigenvalue weighted by Crippen LogP contribution is -2.42. The Bertz CT molecular complexity index is 898. The van der Waals surface area contributed by atoms with E-state index in [9.17, 15) is 40.2 Å². The molecule has 0 saturated heterocycles. The van der Waals surface area contributed by atoms with Crippen LogP contribution in [0.15, 0.2) is 0 Å². The van der Waals surface area contributed by atoms with Crippen molar-refractivity contribution in [3.05, 3.63) is 0 Å². The van der Waals surface area contributed by atoms with Crippen LogP contribution in [0, 0.1) is 0 Å². The fourth-order valence-electron chi connectivity index (χ4n) is 5.76. The summed E-state index contributed by atoms with van der Waals surface area (Å²) in [5.74, 6) is -0.896. The van der Waals surface area contributed by atoms with Crippen molar-refractivity contribution in [2.75, 3.05) is 98.9 Å². The van der Waals surface area contributed by atoms with Crippen LogP contribution in [0.3, 0.4) is 0 Å². The molecule has 0 amide bonds. The lowest BCUT2D eigenvalue weighted by Gasteiger charge is -2.22. The minimum atomic E-state index is -1.42. The van der Waals surface area contributed by atoms with Crippen LogP contribution in [-0.2, 0) is 23.8 Å². The molecule has 0 fully saturated rings. The monoisotopic (exact) mass is 826 g/mol. The van der Waals surface area contributed by atoms with Gasteiger partial charge < -0.3 is 71.0 Å². The first-order valence-corrected chi connectivity index (χ1v) is 21.9. The van der Waals surface area contributed by atoms with Crippen molar-refractivity contribution in [1.29, 1.82) is 0 Å². The molecule has 0 aliphatic heterocycles. The van der Waals surface area contributed by atoms with Crippen LogP contribution in [0.4, 0.5) is 0 Å². The van der Waals surface area contributed by atoms with Crippen LogP contribution in [0.25, 0.3) is 0 Å². The molecular weight excluding hydrogens is 738 g/mol. The lowest BCUT2D eigenvalue weighted by atomic mass is 10.1. The summed E-state index contributed by atoms with van der Waals surface area (Å²) in [6, 6.07) is 0. The Morgan fingerprint density at radius 1 is 0.526 bits per heavy atom. The van der Waals surface area contributed by atoms with E-state index in [4.69, 9.17) is 19.9 Å². The number of esters is 2. The van der Waals surface area contributed by atoms with Crippen LogP contribution in [0.5, 0.6) is 0 Å². The number of carbonyl (C=O) groups is 2. The van der Waals surface area contributed by atoms with E-state index in [1.807, 2.05) is 0 Å². The van der Waals surface area contributed by atoms with Gasteiger partial charge in [0.2, 0.25) is 0 Å². The topological polar surface area (TPSA) is 240 Å². The molecule has 0 rings (SSSR count). The Morgan fingerprint density at radius 3 is 1.37 bits per heavy atom. The minimum absolute atomic E-state index is 0.107. The summed E-state index contributed by atoms with van der Waals surface area (Å²) in [6.45, 7) is 16.8. The summed E-state index contributed by atoms with van der Waals surface area (Å²) in [5.41, 5.74) is 5.68. The predicted molar refractivity (Wildman–Crippen MR) is 225 cm³/mol. The molecule has 0 aliphatic rings. The predicted octanol–water partition coefficient (Wildman–Crippen LogP) is 1.15. The highest BCUT2D eigenvalue weighted by Gasteiger charge is 2.26. The molecular formula is C41H87N5O11. The molecule has 0 aliphatic carbocycles. The van der Waals surface area contributed by atoms with Gasteiger partial charge in [0.05, 0.1) is 25.6 Å². The number of hydrogen-bond acceptors (Lipinski definition) is 16. The molecule has 16 nitrogen and oxygen atoms in total. The first-order chi connectivity index (χ1) is 27.4. The summed E-state index contributed by atoms with van der Waals surface area (Å²) in [6.07, 6.45) is 6.78. The second-order valence-corrected chi connectivity index (χ2v) is 14.8. The summed E-state index contributed by atoms with van der Waals surface area (Å²) in [4.78, 5) is 28.3. The third-order valence-electron chi connectivity index (χ3n) is 9.56. The van der Waals surface area contributed by atoms with Crippen LogP contribution in [-0.4, -0.2) is 188 Å². The number of aliphatic hydroxyl groups is 6. The molecule has 6 atom stereocenters. The van der Waals surface area contributed by atoms with E-state index in [0.29, 0.717) is 26.1 Å².